The van der Waals surface area contributed by atoms with Gasteiger partial charge in [-0.25, -0.2) is 9.59 Å². The van der Waals surface area contributed by atoms with Gasteiger partial charge < -0.3 is 26.6 Å². The number of rotatable bonds is 7. The summed E-state index contributed by atoms with van der Waals surface area (Å²) in [5.74, 6) is -1.76. The van der Waals surface area contributed by atoms with E-state index in [0.29, 0.717) is 0 Å². The Balaban J connectivity index is 2.65. The quantitative estimate of drug-likeness (QED) is 0.457. The van der Waals surface area contributed by atoms with E-state index < -0.39 is 23.9 Å². The van der Waals surface area contributed by atoms with Crippen molar-refractivity contribution in [2.24, 2.45) is 5.73 Å². The number of carboxylic acids is 1. The van der Waals surface area contributed by atoms with E-state index in [1.807, 2.05) is 0 Å². The van der Waals surface area contributed by atoms with Crippen molar-refractivity contribution in [3.05, 3.63) is 35.4 Å². The number of hydrogen-bond donors (Lipinski definition) is 5. The maximum atomic E-state index is 11.9. The van der Waals surface area contributed by atoms with E-state index in [4.69, 9.17) is 15.9 Å². The molecule has 1 rings (SSSR count). The molecule has 21 heavy (non-hydrogen) atoms. The maximum Gasteiger partial charge on any atom is 0.326 e. The van der Waals surface area contributed by atoms with E-state index in [9.17, 15) is 14.4 Å². The largest absolute Gasteiger partial charge is 0.480 e. The number of nitrogens with two attached hydrogens (primary N) is 1. The topological polar surface area (TPSA) is 142 Å². The minimum atomic E-state index is -1.21. The summed E-state index contributed by atoms with van der Waals surface area (Å²) in [5, 5.41) is 22.4. The van der Waals surface area contributed by atoms with Crippen LogP contribution in [0.2, 0.25) is 0 Å². The fourth-order valence-electron chi connectivity index (χ4n) is 1.59. The molecule has 1 aromatic carbocycles. The Morgan fingerprint density at radius 3 is 2.29 bits per heavy atom. The number of aliphatic carboxylic acids is 1. The van der Waals surface area contributed by atoms with E-state index in [1.54, 1.807) is 12.1 Å². The lowest BCUT2D eigenvalue weighted by molar-refractivity contribution is -0.139. The zero-order valence-corrected chi connectivity index (χ0v) is 11.2. The summed E-state index contributed by atoms with van der Waals surface area (Å²) in [4.78, 5) is 33.3. The number of aliphatic hydroxyl groups is 1. The van der Waals surface area contributed by atoms with Crippen LogP contribution in [0.15, 0.2) is 24.3 Å². The monoisotopic (exact) mass is 295 g/mol. The molecule has 0 bridgehead atoms. The van der Waals surface area contributed by atoms with Crippen molar-refractivity contribution in [2.75, 3.05) is 6.61 Å². The van der Waals surface area contributed by atoms with Crippen LogP contribution in [0, 0.1) is 0 Å². The number of urea groups is 1. The number of benzene rings is 1. The number of primary amides is 1. The molecule has 1 aromatic rings. The summed E-state index contributed by atoms with van der Waals surface area (Å²) in [6, 6.07) is 4.46. The number of carboxylic acid groups (broad SMARTS) is 1. The highest BCUT2D eigenvalue weighted by Crippen LogP contribution is 2.05. The predicted octanol–water partition coefficient (Wildman–Crippen LogP) is -0.580. The van der Waals surface area contributed by atoms with Gasteiger partial charge in [0.05, 0.1) is 0 Å². The Bertz CT molecular complexity index is 515. The third kappa shape index (κ3) is 5.49. The van der Waals surface area contributed by atoms with E-state index in [2.05, 4.69) is 10.6 Å². The van der Waals surface area contributed by atoms with Crippen LogP contribution in [0.3, 0.4) is 0 Å². The summed E-state index contributed by atoms with van der Waals surface area (Å²) in [6.45, 7) is -0.103. The SMILES string of the molecule is NC(=O)NCc1ccc(C(=O)N[C@@H](CCO)C(=O)O)cc1. The van der Waals surface area contributed by atoms with Gasteiger partial charge in [0, 0.05) is 25.1 Å². The number of nitrogens with one attached hydrogen (secondary N) is 2. The van der Waals surface area contributed by atoms with E-state index >= 15 is 0 Å². The predicted molar refractivity (Wildman–Crippen MR) is 73.5 cm³/mol. The fraction of sp³-hybridized carbons (Fsp3) is 0.308. The van der Waals surface area contributed by atoms with Crippen LogP contribution in [0.25, 0.3) is 0 Å². The molecular formula is C13H17N3O5. The molecule has 0 unspecified atom stereocenters. The van der Waals surface area contributed by atoms with Crippen LogP contribution in [-0.2, 0) is 11.3 Å². The Labute approximate surface area is 120 Å². The van der Waals surface area contributed by atoms with Gasteiger partial charge in [-0.2, -0.15) is 0 Å². The third-order valence-corrected chi connectivity index (χ3v) is 2.70. The van der Waals surface area contributed by atoms with E-state index in [-0.39, 0.29) is 25.1 Å². The summed E-state index contributed by atoms with van der Waals surface area (Å²) >= 11 is 0. The number of carbonyl (C=O) groups is 3. The molecule has 114 valence electrons. The van der Waals surface area contributed by atoms with Gasteiger partial charge in [-0.1, -0.05) is 12.1 Å². The molecule has 0 fully saturated rings. The standard InChI is InChI=1S/C13H17N3O5/c14-13(21)15-7-8-1-3-9(4-2-8)11(18)16-10(5-6-17)12(19)20/h1-4,10,17H,5-7H2,(H,16,18)(H,19,20)(H3,14,15,21)/t10-/m0/s1. The Morgan fingerprint density at radius 1 is 1.19 bits per heavy atom. The van der Waals surface area contributed by atoms with E-state index in [1.165, 1.54) is 12.1 Å². The summed E-state index contributed by atoms with van der Waals surface area (Å²) in [7, 11) is 0. The number of carbonyl (C=O) groups excluding carboxylic acids is 2. The molecule has 0 aliphatic rings. The summed E-state index contributed by atoms with van der Waals surface area (Å²) < 4.78 is 0. The number of amides is 3. The highest BCUT2D eigenvalue weighted by Gasteiger charge is 2.19. The Kier molecular flexibility index (Phi) is 6.15. The number of hydrogen-bond acceptors (Lipinski definition) is 4. The molecule has 0 aromatic heterocycles. The lowest BCUT2D eigenvalue weighted by Crippen LogP contribution is -2.41. The van der Waals surface area contributed by atoms with Crippen LogP contribution in [-0.4, -0.2) is 40.8 Å². The Morgan fingerprint density at radius 2 is 1.81 bits per heavy atom. The van der Waals surface area contributed by atoms with Gasteiger partial charge in [-0.15, -0.1) is 0 Å². The second-order valence-corrected chi connectivity index (χ2v) is 4.29. The summed E-state index contributed by atoms with van der Waals surface area (Å²) in [6.07, 6.45) is -0.0678. The van der Waals surface area contributed by atoms with E-state index in [0.717, 1.165) is 5.56 Å². The van der Waals surface area contributed by atoms with Crippen molar-refractivity contribution < 1.29 is 24.6 Å². The minimum Gasteiger partial charge on any atom is -0.480 e. The molecule has 8 heteroatoms. The molecule has 6 N–H and O–H groups in total. The lowest BCUT2D eigenvalue weighted by atomic mass is 10.1. The van der Waals surface area contributed by atoms with Crippen LogP contribution >= 0.6 is 0 Å². The third-order valence-electron chi connectivity index (χ3n) is 2.70. The van der Waals surface area contributed by atoms with Crippen molar-refractivity contribution in [3.63, 3.8) is 0 Å². The molecule has 0 heterocycles. The first-order valence-electron chi connectivity index (χ1n) is 6.20. The molecule has 0 saturated carbocycles. The second-order valence-electron chi connectivity index (χ2n) is 4.29. The molecule has 0 aliphatic heterocycles. The van der Waals surface area contributed by atoms with Crippen molar-refractivity contribution in [3.8, 4) is 0 Å². The van der Waals surface area contributed by atoms with Crippen molar-refractivity contribution in [1.82, 2.24) is 10.6 Å². The first-order chi connectivity index (χ1) is 9.93. The Hall–Kier alpha value is -2.61. The lowest BCUT2D eigenvalue weighted by Gasteiger charge is -2.13. The molecule has 3 amide bonds. The van der Waals surface area contributed by atoms with Gasteiger partial charge in [-0.3, -0.25) is 4.79 Å². The molecule has 0 saturated heterocycles. The van der Waals surface area contributed by atoms with Crippen LogP contribution in [0.5, 0.6) is 0 Å². The van der Waals surface area contributed by atoms with Crippen molar-refractivity contribution >= 4 is 17.9 Å². The summed E-state index contributed by atoms with van der Waals surface area (Å²) in [5.41, 5.74) is 5.97. The highest BCUT2D eigenvalue weighted by molar-refractivity contribution is 5.96. The average Bonchev–Trinajstić information content (AvgIpc) is 2.45. The molecule has 0 radical (unpaired) electrons. The van der Waals surface area contributed by atoms with Crippen LogP contribution < -0.4 is 16.4 Å². The van der Waals surface area contributed by atoms with Gasteiger partial charge >= 0.3 is 12.0 Å². The van der Waals surface area contributed by atoms with Crippen LogP contribution in [0.1, 0.15) is 22.3 Å². The van der Waals surface area contributed by atoms with Gasteiger partial charge in [0.2, 0.25) is 0 Å². The second kappa shape index (κ2) is 7.85. The molecule has 1 atom stereocenters. The molecule has 0 spiro atoms. The van der Waals surface area contributed by atoms with Gasteiger partial charge in [0.15, 0.2) is 0 Å². The van der Waals surface area contributed by atoms with Crippen molar-refractivity contribution in [2.45, 2.75) is 19.0 Å². The molecule has 0 aliphatic carbocycles. The van der Waals surface area contributed by atoms with Gasteiger partial charge in [0.25, 0.3) is 5.91 Å². The molecular weight excluding hydrogens is 278 g/mol. The first kappa shape index (κ1) is 16.4. The zero-order valence-electron chi connectivity index (χ0n) is 11.2. The normalized spacial score (nSPS) is 11.5. The zero-order chi connectivity index (χ0) is 15.8. The minimum absolute atomic E-state index is 0.0678. The fourth-order valence-corrected chi connectivity index (χ4v) is 1.59. The molecule has 8 nitrogen and oxygen atoms in total. The van der Waals surface area contributed by atoms with Gasteiger partial charge in [-0.05, 0) is 17.7 Å². The van der Waals surface area contributed by atoms with Crippen molar-refractivity contribution in [1.29, 1.82) is 0 Å². The van der Waals surface area contributed by atoms with Crippen LogP contribution in [0.4, 0.5) is 4.79 Å². The van der Waals surface area contributed by atoms with Gasteiger partial charge in [0.1, 0.15) is 6.04 Å². The first-order valence-corrected chi connectivity index (χ1v) is 6.20. The maximum absolute atomic E-state index is 11.9. The number of aliphatic hydroxyl groups excluding tert-OH is 1. The average molecular weight is 295 g/mol. The highest BCUT2D eigenvalue weighted by atomic mass is 16.4. The smallest absolute Gasteiger partial charge is 0.326 e.